The van der Waals surface area contributed by atoms with E-state index in [0.29, 0.717) is 45.1 Å². The second-order valence-electron chi connectivity index (χ2n) is 7.19. The van der Waals surface area contributed by atoms with Gasteiger partial charge in [0.2, 0.25) is 5.96 Å². The number of carbonyl (C=O) groups is 1. The van der Waals surface area contributed by atoms with E-state index in [1.165, 1.54) is 0 Å². The van der Waals surface area contributed by atoms with Gasteiger partial charge in [-0.2, -0.15) is 13.2 Å². The summed E-state index contributed by atoms with van der Waals surface area (Å²) in [7, 11) is 0. The Labute approximate surface area is 181 Å². The van der Waals surface area contributed by atoms with Crippen LogP contribution in [0.1, 0.15) is 15.9 Å². The molecule has 0 bridgehead atoms. The lowest BCUT2D eigenvalue weighted by Gasteiger charge is -2.39. The van der Waals surface area contributed by atoms with Crippen molar-refractivity contribution in [3.05, 3.63) is 52.7 Å². The number of benzene rings is 1. The number of hydrogen-bond acceptors (Lipinski definition) is 6. The number of rotatable bonds is 3. The van der Waals surface area contributed by atoms with E-state index in [-0.39, 0.29) is 10.6 Å². The molecule has 2 aliphatic heterocycles. The Morgan fingerprint density at radius 2 is 1.68 bits per heavy atom. The molecule has 3 heterocycles. The van der Waals surface area contributed by atoms with Crippen molar-refractivity contribution in [2.24, 2.45) is 4.99 Å². The molecule has 2 aromatic rings. The first-order valence-corrected chi connectivity index (χ1v) is 10.00. The summed E-state index contributed by atoms with van der Waals surface area (Å²) < 4.78 is 38.5. The van der Waals surface area contributed by atoms with Gasteiger partial charge in [0.15, 0.2) is 0 Å². The molecule has 11 heteroatoms. The Balaban J connectivity index is 1.43. The summed E-state index contributed by atoms with van der Waals surface area (Å²) in [4.78, 5) is 25.6. The van der Waals surface area contributed by atoms with E-state index >= 15 is 0 Å². The highest BCUT2D eigenvalue weighted by Crippen LogP contribution is 2.34. The molecule has 31 heavy (non-hydrogen) atoms. The van der Waals surface area contributed by atoms with E-state index in [9.17, 15) is 18.0 Å². The number of guanidine groups is 1. The van der Waals surface area contributed by atoms with E-state index < -0.39 is 17.7 Å². The van der Waals surface area contributed by atoms with Crippen molar-refractivity contribution in [1.82, 2.24) is 9.88 Å². The molecular weight excluding hydrogens is 435 g/mol. The van der Waals surface area contributed by atoms with Gasteiger partial charge in [-0.25, -0.2) is 9.78 Å². The Morgan fingerprint density at radius 1 is 1.03 bits per heavy atom. The van der Waals surface area contributed by atoms with Crippen LogP contribution in [0.5, 0.6) is 0 Å². The molecule has 2 aliphatic rings. The first-order chi connectivity index (χ1) is 14.7. The number of nitrogens with zero attached hydrogens (tertiary/aromatic N) is 5. The van der Waals surface area contributed by atoms with E-state index in [1.54, 1.807) is 24.3 Å². The van der Waals surface area contributed by atoms with Gasteiger partial charge < -0.3 is 19.8 Å². The molecule has 0 atom stereocenters. The average molecular weight is 454 g/mol. The van der Waals surface area contributed by atoms with Gasteiger partial charge in [0.25, 0.3) is 0 Å². The van der Waals surface area contributed by atoms with Crippen LogP contribution in [0.4, 0.5) is 24.7 Å². The standard InChI is InChI=1S/C20H19ClF3N5O2/c21-16-11-14(20(22,23)24)12-26-17(16)27-7-9-28(10-8-27)19-25-5-6-29(19)15-3-1-13(2-4-15)18(30)31/h1-4,11-12H,5-10H2,(H,30,31). The summed E-state index contributed by atoms with van der Waals surface area (Å²) >= 11 is 6.08. The average Bonchev–Trinajstić information content (AvgIpc) is 3.23. The molecule has 1 fully saturated rings. The summed E-state index contributed by atoms with van der Waals surface area (Å²) in [5.41, 5.74) is 0.205. The predicted molar refractivity (Wildman–Crippen MR) is 111 cm³/mol. The number of carboxylic acids is 1. The number of aromatic nitrogens is 1. The van der Waals surface area contributed by atoms with Crippen LogP contribution in [0, 0.1) is 0 Å². The number of piperazine rings is 1. The van der Waals surface area contributed by atoms with Crippen LogP contribution in [0.15, 0.2) is 41.5 Å². The quantitative estimate of drug-likeness (QED) is 0.767. The predicted octanol–water partition coefficient (Wildman–Crippen LogP) is 3.45. The van der Waals surface area contributed by atoms with Crippen LogP contribution in [-0.4, -0.2) is 66.2 Å². The number of alkyl halides is 3. The molecule has 1 aromatic carbocycles. The van der Waals surface area contributed by atoms with Crippen LogP contribution < -0.4 is 9.80 Å². The lowest BCUT2D eigenvalue weighted by atomic mass is 10.2. The highest BCUT2D eigenvalue weighted by atomic mass is 35.5. The fourth-order valence-corrected chi connectivity index (χ4v) is 3.96. The molecule has 0 amide bonds. The highest BCUT2D eigenvalue weighted by Gasteiger charge is 2.33. The van der Waals surface area contributed by atoms with E-state index in [0.717, 1.165) is 23.9 Å². The smallest absolute Gasteiger partial charge is 0.417 e. The summed E-state index contributed by atoms with van der Waals surface area (Å²) in [6, 6.07) is 7.53. The molecule has 1 saturated heterocycles. The zero-order valence-corrected chi connectivity index (χ0v) is 17.1. The van der Waals surface area contributed by atoms with Crippen molar-refractivity contribution >= 4 is 35.0 Å². The third-order valence-electron chi connectivity index (χ3n) is 5.26. The fraction of sp³-hybridized carbons (Fsp3) is 0.350. The molecule has 1 aromatic heterocycles. The number of hydrogen-bond donors (Lipinski definition) is 1. The van der Waals surface area contributed by atoms with Crippen molar-refractivity contribution in [2.45, 2.75) is 6.18 Å². The summed E-state index contributed by atoms with van der Waals surface area (Å²) in [5.74, 6) is 0.159. The molecule has 4 rings (SSSR count). The molecule has 0 saturated carbocycles. The maximum absolute atomic E-state index is 12.8. The fourth-order valence-electron chi connectivity index (χ4n) is 3.67. The molecule has 0 spiro atoms. The van der Waals surface area contributed by atoms with Gasteiger partial charge in [-0.3, -0.25) is 4.99 Å². The number of carboxylic acid groups (broad SMARTS) is 1. The van der Waals surface area contributed by atoms with Gasteiger partial charge >= 0.3 is 12.1 Å². The maximum Gasteiger partial charge on any atom is 0.417 e. The minimum atomic E-state index is -4.49. The number of aromatic carboxylic acids is 1. The van der Waals surface area contributed by atoms with E-state index in [4.69, 9.17) is 16.7 Å². The van der Waals surface area contributed by atoms with Crippen molar-refractivity contribution in [3.63, 3.8) is 0 Å². The lowest BCUT2D eigenvalue weighted by Crippen LogP contribution is -2.52. The summed E-state index contributed by atoms with van der Waals surface area (Å²) in [6.45, 7) is 3.58. The third kappa shape index (κ3) is 4.39. The Bertz CT molecular complexity index is 1000. The van der Waals surface area contributed by atoms with Gasteiger partial charge in [0.1, 0.15) is 5.82 Å². The van der Waals surface area contributed by atoms with Crippen LogP contribution >= 0.6 is 11.6 Å². The van der Waals surface area contributed by atoms with Crippen LogP contribution in [0.2, 0.25) is 5.02 Å². The second-order valence-corrected chi connectivity index (χ2v) is 7.59. The SMILES string of the molecule is O=C(O)c1ccc(N2CCN=C2N2CCN(c3ncc(C(F)(F)F)cc3Cl)CC2)cc1. The zero-order chi connectivity index (χ0) is 22.2. The molecule has 164 valence electrons. The normalized spacial score (nSPS) is 17.2. The Morgan fingerprint density at radius 3 is 2.26 bits per heavy atom. The first-order valence-electron chi connectivity index (χ1n) is 9.62. The lowest BCUT2D eigenvalue weighted by molar-refractivity contribution is -0.137. The van der Waals surface area contributed by atoms with Gasteiger partial charge in [0.05, 0.1) is 22.7 Å². The number of pyridine rings is 1. The number of halogens is 4. The van der Waals surface area contributed by atoms with Gasteiger partial charge in [-0.1, -0.05) is 11.6 Å². The molecule has 1 N–H and O–H groups in total. The number of aliphatic imine (C=N–C) groups is 1. The zero-order valence-electron chi connectivity index (χ0n) is 16.3. The van der Waals surface area contributed by atoms with Crippen molar-refractivity contribution in [1.29, 1.82) is 0 Å². The second kappa shape index (κ2) is 8.26. The van der Waals surface area contributed by atoms with Crippen LogP contribution in [-0.2, 0) is 6.18 Å². The Hall–Kier alpha value is -3.01. The highest BCUT2D eigenvalue weighted by molar-refractivity contribution is 6.33. The number of anilines is 2. The Kier molecular flexibility index (Phi) is 5.65. The first kappa shape index (κ1) is 21.2. The van der Waals surface area contributed by atoms with Crippen molar-refractivity contribution < 1.29 is 23.1 Å². The monoisotopic (exact) mass is 453 g/mol. The maximum atomic E-state index is 12.8. The van der Waals surface area contributed by atoms with Gasteiger partial charge in [-0.05, 0) is 30.3 Å². The minimum Gasteiger partial charge on any atom is -0.478 e. The van der Waals surface area contributed by atoms with Crippen molar-refractivity contribution in [2.75, 3.05) is 49.1 Å². The molecular formula is C20H19ClF3N5O2. The van der Waals surface area contributed by atoms with Crippen LogP contribution in [0.25, 0.3) is 0 Å². The summed E-state index contributed by atoms with van der Waals surface area (Å²) in [5, 5.41) is 9.04. The van der Waals surface area contributed by atoms with Gasteiger partial charge in [0, 0.05) is 44.6 Å². The largest absolute Gasteiger partial charge is 0.478 e. The van der Waals surface area contributed by atoms with Gasteiger partial charge in [-0.15, -0.1) is 0 Å². The minimum absolute atomic E-state index is 0.0263. The molecule has 0 radical (unpaired) electrons. The van der Waals surface area contributed by atoms with E-state index in [2.05, 4.69) is 14.9 Å². The van der Waals surface area contributed by atoms with Crippen molar-refractivity contribution in [3.8, 4) is 0 Å². The third-order valence-corrected chi connectivity index (χ3v) is 5.53. The molecule has 7 nitrogen and oxygen atoms in total. The van der Waals surface area contributed by atoms with E-state index in [1.807, 2.05) is 9.80 Å². The molecule has 0 aliphatic carbocycles. The summed E-state index contributed by atoms with van der Waals surface area (Å²) in [6.07, 6.45) is -3.68. The van der Waals surface area contributed by atoms with Crippen LogP contribution in [0.3, 0.4) is 0 Å². The molecule has 0 unspecified atom stereocenters. The topological polar surface area (TPSA) is 72.3 Å².